The second kappa shape index (κ2) is 7.65. The molecule has 10 nitrogen and oxygen atoms in total. The van der Waals surface area contributed by atoms with Crippen LogP contribution < -0.4 is 11.1 Å². The Bertz CT molecular complexity index is 1170. The number of H-pyrrole nitrogens is 1. The maximum absolute atomic E-state index is 10.1. The van der Waals surface area contributed by atoms with Crippen LogP contribution >= 0.6 is 0 Å². The van der Waals surface area contributed by atoms with E-state index in [9.17, 15) is 10.2 Å². The van der Waals surface area contributed by atoms with E-state index < -0.39 is 24.5 Å². The van der Waals surface area contributed by atoms with Gasteiger partial charge in [0.05, 0.1) is 19.0 Å². The van der Waals surface area contributed by atoms with Gasteiger partial charge in [-0.1, -0.05) is 18.2 Å². The van der Waals surface area contributed by atoms with E-state index in [0.717, 1.165) is 11.9 Å². The van der Waals surface area contributed by atoms with Crippen molar-refractivity contribution in [2.45, 2.75) is 30.9 Å². The van der Waals surface area contributed by atoms with Crippen molar-refractivity contribution in [1.29, 1.82) is 0 Å². The molecule has 0 radical (unpaired) electrons. The molecule has 0 spiro atoms. The third-order valence-corrected chi connectivity index (χ3v) is 5.59. The number of hydrogen-bond acceptors (Lipinski definition) is 8. The largest absolute Gasteiger partial charge is 0.394 e. The van der Waals surface area contributed by atoms with Gasteiger partial charge in [0.25, 0.3) is 0 Å². The number of aliphatic hydroxyl groups excluding tert-OH is 2. The minimum Gasteiger partial charge on any atom is -0.394 e. The predicted molar refractivity (Wildman–Crippen MR) is 111 cm³/mol. The summed E-state index contributed by atoms with van der Waals surface area (Å²) in [6.45, 7) is 0.360. The monoisotopic (exact) mass is 409 g/mol. The van der Waals surface area contributed by atoms with Crippen molar-refractivity contribution in [3.8, 4) is 0 Å². The van der Waals surface area contributed by atoms with Crippen LogP contribution in [0, 0.1) is 0 Å². The van der Waals surface area contributed by atoms with Crippen LogP contribution in [0.2, 0.25) is 0 Å². The smallest absolute Gasteiger partial charge is 0.167 e. The lowest BCUT2D eigenvalue weighted by Crippen LogP contribution is -2.39. The first kappa shape index (κ1) is 18.9. The van der Waals surface area contributed by atoms with Crippen LogP contribution in [0.3, 0.4) is 0 Å². The van der Waals surface area contributed by atoms with Gasteiger partial charge in [0.15, 0.2) is 23.2 Å². The van der Waals surface area contributed by atoms with Crippen LogP contribution in [-0.4, -0.2) is 66.1 Å². The first-order valence-electron chi connectivity index (χ1n) is 9.83. The molecule has 4 aromatic rings. The normalized spacial score (nSPS) is 24.1. The number of ether oxygens (including phenoxy) is 1. The van der Waals surface area contributed by atoms with Crippen LogP contribution in [0.25, 0.3) is 22.1 Å². The predicted octanol–water partition coefficient (Wildman–Crippen LogP) is 0.540. The molecular weight excluding hydrogens is 386 g/mol. The highest BCUT2D eigenvalue weighted by Gasteiger charge is 2.42. The lowest BCUT2D eigenvalue weighted by Gasteiger charge is -2.17. The molecule has 1 fully saturated rings. The summed E-state index contributed by atoms with van der Waals surface area (Å²) < 4.78 is 7.38. The van der Waals surface area contributed by atoms with Crippen LogP contribution in [0.4, 0.5) is 5.82 Å². The van der Waals surface area contributed by atoms with Crippen molar-refractivity contribution >= 4 is 27.9 Å². The number of benzene rings is 1. The Morgan fingerprint density at radius 2 is 2.10 bits per heavy atom. The van der Waals surface area contributed by atoms with Gasteiger partial charge in [0.1, 0.15) is 18.5 Å². The van der Waals surface area contributed by atoms with Crippen LogP contribution in [0.15, 0.2) is 43.1 Å². The summed E-state index contributed by atoms with van der Waals surface area (Å²) in [5.74, 6) is 0.615. The lowest BCUT2D eigenvalue weighted by atomic mass is 10.1. The number of rotatable bonds is 6. The molecule has 0 amide bonds. The summed E-state index contributed by atoms with van der Waals surface area (Å²) in [5, 5.41) is 24.1. The summed E-state index contributed by atoms with van der Waals surface area (Å²) >= 11 is 0. The molecule has 6 N–H and O–H groups in total. The standard InChI is InChI=1S/C20H23N7O3/c21-15-17(29)14(8-28)30-20(15)27-10-26-16-18(24-9-25-19(16)27)22-6-5-11-7-23-13-4-2-1-3-12(11)13/h1-4,7,9-10,14-15,17,20,23,28-29H,5-6,8,21H2,(H,22,24,25)/t14-,15-,17-,20-/m1/s1. The average molecular weight is 409 g/mol. The fraction of sp³-hybridized carbons (Fsp3) is 0.350. The average Bonchev–Trinajstić information content (AvgIpc) is 3.45. The van der Waals surface area contributed by atoms with Crippen molar-refractivity contribution < 1.29 is 14.9 Å². The number of hydrogen-bond donors (Lipinski definition) is 5. The molecule has 4 heterocycles. The molecule has 5 rings (SSSR count). The zero-order valence-electron chi connectivity index (χ0n) is 16.1. The molecule has 0 saturated carbocycles. The van der Waals surface area contributed by atoms with Gasteiger partial charge in [-0.25, -0.2) is 15.0 Å². The van der Waals surface area contributed by atoms with Gasteiger partial charge in [-0.15, -0.1) is 0 Å². The van der Waals surface area contributed by atoms with Gasteiger partial charge in [-0.3, -0.25) is 4.57 Å². The van der Waals surface area contributed by atoms with Gasteiger partial charge >= 0.3 is 0 Å². The fourth-order valence-electron chi connectivity index (χ4n) is 3.99. The number of aromatic nitrogens is 5. The summed E-state index contributed by atoms with van der Waals surface area (Å²) in [7, 11) is 0. The second-order valence-corrected chi connectivity index (χ2v) is 7.40. The number of imidazole rings is 1. The molecule has 0 aliphatic carbocycles. The minimum atomic E-state index is -0.965. The maximum Gasteiger partial charge on any atom is 0.167 e. The molecule has 0 unspecified atom stereocenters. The lowest BCUT2D eigenvalue weighted by molar-refractivity contribution is -0.0437. The number of nitrogens with two attached hydrogens (primary N) is 1. The fourth-order valence-corrected chi connectivity index (χ4v) is 3.99. The Kier molecular flexibility index (Phi) is 4.83. The Hall–Kier alpha value is -3.05. The summed E-state index contributed by atoms with van der Waals surface area (Å²) in [4.78, 5) is 16.4. The molecule has 10 heteroatoms. The van der Waals surface area contributed by atoms with Crippen molar-refractivity contribution in [1.82, 2.24) is 24.5 Å². The highest BCUT2D eigenvalue weighted by Crippen LogP contribution is 2.31. The molecule has 0 bridgehead atoms. The number of nitrogens with one attached hydrogen (secondary N) is 2. The molecule has 3 aromatic heterocycles. The highest BCUT2D eigenvalue weighted by atomic mass is 16.5. The minimum absolute atomic E-state index is 0.312. The topological polar surface area (TPSA) is 147 Å². The molecule has 4 atom stereocenters. The molecule has 1 aliphatic heterocycles. The van der Waals surface area contributed by atoms with Crippen LogP contribution in [-0.2, 0) is 11.2 Å². The number of anilines is 1. The van der Waals surface area contributed by atoms with Gasteiger partial charge < -0.3 is 31.0 Å². The van der Waals surface area contributed by atoms with Crippen molar-refractivity contribution in [2.75, 3.05) is 18.5 Å². The number of nitrogens with zero attached hydrogens (tertiary/aromatic N) is 4. The summed E-state index contributed by atoms with van der Waals surface area (Å²) in [5.41, 5.74) is 9.57. The number of aliphatic hydroxyl groups is 2. The molecule has 1 aliphatic rings. The van der Waals surface area contributed by atoms with Gasteiger partial charge in [-0.2, -0.15) is 0 Å². The van der Waals surface area contributed by atoms with E-state index in [1.807, 2.05) is 18.3 Å². The summed E-state index contributed by atoms with van der Waals surface area (Å²) in [6.07, 6.45) is 3.49. The third-order valence-electron chi connectivity index (χ3n) is 5.59. The number of fused-ring (bicyclic) bond motifs is 2. The quantitative estimate of drug-likeness (QED) is 0.310. The zero-order chi connectivity index (χ0) is 20.7. The maximum atomic E-state index is 10.1. The zero-order valence-corrected chi connectivity index (χ0v) is 16.1. The van der Waals surface area contributed by atoms with Crippen molar-refractivity contribution in [3.05, 3.63) is 48.7 Å². The number of aromatic amines is 1. The van der Waals surface area contributed by atoms with Gasteiger partial charge in [0, 0.05) is 23.6 Å². The first-order chi connectivity index (χ1) is 14.7. The molecule has 156 valence electrons. The van der Waals surface area contributed by atoms with E-state index in [4.69, 9.17) is 10.5 Å². The van der Waals surface area contributed by atoms with E-state index in [2.05, 4.69) is 37.4 Å². The van der Waals surface area contributed by atoms with E-state index >= 15 is 0 Å². The Morgan fingerprint density at radius 1 is 1.23 bits per heavy atom. The second-order valence-electron chi connectivity index (χ2n) is 7.40. The van der Waals surface area contributed by atoms with E-state index in [1.165, 1.54) is 17.3 Å². The highest BCUT2D eigenvalue weighted by molar-refractivity contribution is 5.84. The molecule has 30 heavy (non-hydrogen) atoms. The van der Waals surface area contributed by atoms with Crippen LogP contribution in [0.5, 0.6) is 0 Å². The van der Waals surface area contributed by atoms with Crippen molar-refractivity contribution in [3.63, 3.8) is 0 Å². The van der Waals surface area contributed by atoms with Gasteiger partial charge in [-0.05, 0) is 18.1 Å². The van der Waals surface area contributed by atoms with Gasteiger partial charge in [0.2, 0.25) is 0 Å². The molecular formula is C20H23N7O3. The first-order valence-corrected chi connectivity index (χ1v) is 9.83. The van der Waals surface area contributed by atoms with E-state index in [-0.39, 0.29) is 6.61 Å². The van der Waals surface area contributed by atoms with E-state index in [0.29, 0.717) is 23.5 Å². The summed E-state index contributed by atoms with van der Waals surface area (Å²) in [6, 6.07) is 7.50. The van der Waals surface area contributed by atoms with E-state index in [1.54, 1.807) is 10.9 Å². The third kappa shape index (κ3) is 3.10. The molecule has 1 saturated heterocycles. The Labute approximate surface area is 171 Å². The Balaban J connectivity index is 1.35. The van der Waals surface area contributed by atoms with Crippen molar-refractivity contribution in [2.24, 2.45) is 5.73 Å². The molecule has 1 aromatic carbocycles. The SMILES string of the molecule is N[C@@H]1[C@H](O)[C@@H](CO)O[C@H]1n1cnc2c(NCCc3c[nH]c4ccccc34)ncnc21. The number of para-hydroxylation sites is 1. The Morgan fingerprint density at radius 3 is 2.93 bits per heavy atom. The van der Waals surface area contributed by atoms with Crippen LogP contribution in [0.1, 0.15) is 11.8 Å².